The third-order valence-electron chi connectivity index (χ3n) is 3.32. The molecule has 2 aromatic carbocycles. The van der Waals surface area contributed by atoms with Crippen LogP contribution < -0.4 is 14.2 Å². The number of fused-ring (bicyclic) bond motifs is 1. The van der Waals surface area contributed by atoms with E-state index in [1.165, 1.54) is 0 Å². The van der Waals surface area contributed by atoms with Crippen LogP contribution in [0.4, 0.5) is 0 Å². The standard InChI is InChI=1S/C17H14O4/c1-19-15-8-7-11(10-16(15)20-2)9-13-12-5-3-4-6-14(12)21-17(13)18/h3-10H,1-2H3/b13-9-. The lowest BCUT2D eigenvalue weighted by Crippen LogP contribution is -2.00. The third kappa shape index (κ3) is 2.36. The molecule has 0 aliphatic carbocycles. The number of carbonyl (C=O) groups is 1. The average Bonchev–Trinajstić information content (AvgIpc) is 2.83. The highest BCUT2D eigenvalue weighted by molar-refractivity contribution is 6.25. The lowest BCUT2D eigenvalue weighted by molar-refractivity contribution is -0.126. The Morgan fingerprint density at radius 3 is 2.52 bits per heavy atom. The van der Waals surface area contributed by atoms with Crippen LogP contribution in [-0.2, 0) is 4.79 Å². The molecule has 0 unspecified atom stereocenters. The molecule has 106 valence electrons. The molecule has 2 aromatic rings. The van der Waals surface area contributed by atoms with Crippen molar-refractivity contribution in [2.75, 3.05) is 14.2 Å². The van der Waals surface area contributed by atoms with Crippen molar-refractivity contribution >= 4 is 17.6 Å². The van der Waals surface area contributed by atoms with Gasteiger partial charge in [0.25, 0.3) is 0 Å². The van der Waals surface area contributed by atoms with Crippen molar-refractivity contribution in [3.05, 3.63) is 53.6 Å². The van der Waals surface area contributed by atoms with Crippen molar-refractivity contribution in [2.24, 2.45) is 0 Å². The fraction of sp³-hybridized carbons (Fsp3) is 0.118. The zero-order valence-corrected chi connectivity index (χ0v) is 11.8. The van der Waals surface area contributed by atoms with Gasteiger partial charge in [0.15, 0.2) is 11.5 Å². The van der Waals surface area contributed by atoms with Gasteiger partial charge in [0.05, 0.1) is 19.8 Å². The molecule has 0 saturated carbocycles. The Morgan fingerprint density at radius 2 is 1.76 bits per heavy atom. The summed E-state index contributed by atoms with van der Waals surface area (Å²) in [6, 6.07) is 12.9. The van der Waals surface area contributed by atoms with Gasteiger partial charge in [-0.15, -0.1) is 0 Å². The van der Waals surface area contributed by atoms with E-state index in [1.54, 1.807) is 32.4 Å². The highest BCUT2D eigenvalue weighted by Gasteiger charge is 2.26. The second kappa shape index (κ2) is 5.32. The first-order valence-corrected chi connectivity index (χ1v) is 6.48. The molecule has 0 atom stereocenters. The molecule has 0 aromatic heterocycles. The maximum absolute atomic E-state index is 12.0. The van der Waals surface area contributed by atoms with E-state index in [1.807, 2.05) is 30.3 Å². The summed E-state index contributed by atoms with van der Waals surface area (Å²) < 4.78 is 15.7. The van der Waals surface area contributed by atoms with Gasteiger partial charge in [-0.1, -0.05) is 24.3 Å². The fourth-order valence-electron chi connectivity index (χ4n) is 2.29. The van der Waals surface area contributed by atoms with Gasteiger partial charge in [-0.2, -0.15) is 0 Å². The summed E-state index contributed by atoms with van der Waals surface area (Å²) in [4.78, 5) is 12.0. The van der Waals surface area contributed by atoms with Crippen molar-refractivity contribution in [2.45, 2.75) is 0 Å². The Hall–Kier alpha value is -2.75. The van der Waals surface area contributed by atoms with Crippen molar-refractivity contribution in [1.82, 2.24) is 0 Å². The molecule has 0 radical (unpaired) electrons. The van der Waals surface area contributed by atoms with Crippen molar-refractivity contribution < 1.29 is 19.0 Å². The minimum Gasteiger partial charge on any atom is -0.493 e. The first kappa shape index (κ1) is 13.2. The zero-order valence-electron chi connectivity index (χ0n) is 11.8. The van der Waals surface area contributed by atoms with Gasteiger partial charge < -0.3 is 14.2 Å². The monoisotopic (exact) mass is 282 g/mol. The Morgan fingerprint density at radius 1 is 1.00 bits per heavy atom. The first-order chi connectivity index (χ1) is 10.2. The second-order valence-corrected chi connectivity index (χ2v) is 4.56. The highest BCUT2D eigenvalue weighted by atomic mass is 16.5. The number of hydrogen-bond donors (Lipinski definition) is 0. The predicted octanol–water partition coefficient (Wildman–Crippen LogP) is 3.16. The Bertz CT molecular complexity index is 731. The van der Waals surface area contributed by atoms with Crippen LogP contribution in [0.2, 0.25) is 0 Å². The Kier molecular flexibility index (Phi) is 3.36. The first-order valence-electron chi connectivity index (χ1n) is 6.48. The smallest absolute Gasteiger partial charge is 0.344 e. The Labute approximate surface area is 122 Å². The van der Waals surface area contributed by atoms with Crippen LogP contribution in [0.5, 0.6) is 17.2 Å². The number of hydrogen-bond acceptors (Lipinski definition) is 4. The number of rotatable bonds is 3. The van der Waals surface area contributed by atoms with Gasteiger partial charge >= 0.3 is 5.97 Å². The fourth-order valence-corrected chi connectivity index (χ4v) is 2.29. The van der Waals surface area contributed by atoms with Gasteiger partial charge in [-0.3, -0.25) is 0 Å². The molecule has 4 nitrogen and oxygen atoms in total. The van der Waals surface area contributed by atoms with Crippen molar-refractivity contribution in [3.8, 4) is 17.2 Å². The summed E-state index contributed by atoms with van der Waals surface area (Å²) >= 11 is 0. The molecule has 1 heterocycles. The van der Waals surface area contributed by atoms with Gasteiger partial charge in [-0.05, 0) is 29.8 Å². The summed E-state index contributed by atoms with van der Waals surface area (Å²) in [5.41, 5.74) is 2.19. The summed E-state index contributed by atoms with van der Waals surface area (Å²) in [5, 5.41) is 0. The minimum absolute atomic E-state index is 0.342. The van der Waals surface area contributed by atoms with Crippen LogP contribution in [-0.4, -0.2) is 20.2 Å². The van der Waals surface area contributed by atoms with Crippen molar-refractivity contribution in [3.63, 3.8) is 0 Å². The molecular formula is C17H14O4. The largest absolute Gasteiger partial charge is 0.493 e. The molecule has 4 heteroatoms. The van der Waals surface area contributed by atoms with E-state index in [0.29, 0.717) is 22.8 Å². The van der Waals surface area contributed by atoms with Crippen LogP contribution in [0, 0.1) is 0 Å². The quantitative estimate of drug-likeness (QED) is 0.493. The summed E-state index contributed by atoms with van der Waals surface area (Å²) in [6.07, 6.45) is 1.79. The van der Waals surface area contributed by atoms with Crippen LogP contribution in [0.25, 0.3) is 11.6 Å². The van der Waals surface area contributed by atoms with Crippen LogP contribution in [0.1, 0.15) is 11.1 Å². The molecule has 0 saturated heterocycles. The predicted molar refractivity (Wildman–Crippen MR) is 79.5 cm³/mol. The molecule has 0 N–H and O–H groups in total. The number of carbonyl (C=O) groups excluding carboxylic acids is 1. The molecule has 0 fully saturated rings. The van der Waals surface area contributed by atoms with Gasteiger partial charge in [0.1, 0.15) is 5.75 Å². The molecule has 0 bridgehead atoms. The summed E-state index contributed by atoms with van der Waals surface area (Å²) in [5.74, 6) is 1.51. The summed E-state index contributed by atoms with van der Waals surface area (Å²) in [6.45, 7) is 0. The summed E-state index contributed by atoms with van der Waals surface area (Å²) in [7, 11) is 3.16. The molecule has 1 aliphatic heterocycles. The number of esters is 1. The van der Waals surface area contributed by atoms with Gasteiger partial charge in [0, 0.05) is 5.56 Å². The van der Waals surface area contributed by atoms with E-state index in [-0.39, 0.29) is 5.97 Å². The molecule has 0 amide bonds. The SMILES string of the molecule is COc1ccc(/C=C2\C(=O)Oc3ccccc32)cc1OC. The lowest BCUT2D eigenvalue weighted by atomic mass is 10.0. The van der Waals surface area contributed by atoms with Crippen LogP contribution in [0.15, 0.2) is 42.5 Å². The maximum Gasteiger partial charge on any atom is 0.344 e. The zero-order chi connectivity index (χ0) is 14.8. The van der Waals surface area contributed by atoms with Crippen LogP contribution in [0.3, 0.4) is 0 Å². The molecular weight excluding hydrogens is 268 g/mol. The molecule has 1 aliphatic rings. The topological polar surface area (TPSA) is 44.8 Å². The number of para-hydroxylation sites is 1. The van der Waals surface area contributed by atoms with Crippen molar-refractivity contribution in [1.29, 1.82) is 0 Å². The average molecular weight is 282 g/mol. The minimum atomic E-state index is -0.342. The molecule has 21 heavy (non-hydrogen) atoms. The molecule has 0 spiro atoms. The van der Waals surface area contributed by atoms with Gasteiger partial charge in [-0.25, -0.2) is 4.79 Å². The number of ether oxygens (including phenoxy) is 3. The number of methoxy groups -OCH3 is 2. The van der Waals surface area contributed by atoms with E-state index >= 15 is 0 Å². The number of benzene rings is 2. The van der Waals surface area contributed by atoms with Gasteiger partial charge in [0.2, 0.25) is 0 Å². The van der Waals surface area contributed by atoms with Crippen LogP contribution >= 0.6 is 0 Å². The highest BCUT2D eigenvalue weighted by Crippen LogP contribution is 2.36. The van der Waals surface area contributed by atoms with E-state index in [2.05, 4.69) is 0 Å². The van der Waals surface area contributed by atoms with E-state index in [9.17, 15) is 4.79 Å². The van der Waals surface area contributed by atoms with E-state index < -0.39 is 0 Å². The Balaban J connectivity index is 2.04. The normalized spacial score (nSPS) is 14.8. The second-order valence-electron chi connectivity index (χ2n) is 4.56. The van der Waals surface area contributed by atoms with E-state index in [0.717, 1.165) is 11.1 Å². The maximum atomic E-state index is 12.0. The third-order valence-corrected chi connectivity index (χ3v) is 3.32. The lowest BCUT2D eigenvalue weighted by Gasteiger charge is -2.07. The molecule has 3 rings (SSSR count). The van der Waals surface area contributed by atoms with E-state index in [4.69, 9.17) is 14.2 Å².